The zero-order chi connectivity index (χ0) is 19.5. The summed E-state index contributed by atoms with van der Waals surface area (Å²) in [5.74, 6) is 0.830. The minimum atomic E-state index is 0.645. The first-order valence-electron chi connectivity index (χ1n) is 10.8. The summed E-state index contributed by atoms with van der Waals surface area (Å²) in [5.41, 5.74) is 2.09. The molecule has 6 heteroatoms. The highest BCUT2D eigenvalue weighted by Crippen LogP contribution is 2.30. The van der Waals surface area contributed by atoms with E-state index in [1.54, 1.807) is 6.20 Å². The van der Waals surface area contributed by atoms with Gasteiger partial charge in [0.2, 0.25) is 0 Å². The van der Waals surface area contributed by atoms with Gasteiger partial charge >= 0.3 is 0 Å². The van der Waals surface area contributed by atoms with Gasteiger partial charge in [0.15, 0.2) is 5.65 Å². The van der Waals surface area contributed by atoms with E-state index in [0.717, 1.165) is 28.7 Å². The average Bonchev–Trinajstić information content (AvgIpc) is 3.19. The highest BCUT2D eigenvalue weighted by molar-refractivity contribution is 7.20. The molecule has 5 nitrogen and oxygen atoms in total. The van der Waals surface area contributed by atoms with Crippen molar-refractivity contribution in [1.29, 1.82) is 0 Å². The molecule has 0 unspecified atom stereocenters. The summed E-state index contributed by atoms with van der Waals surface area (Å²) in [5, 5.41) is 0.645. The third kappa shape index (κ3) is 4.60. The van der Waals surface area contributed by atoms with E-state index in [0.29, 0.717) is 5.19 Å². The first-order chi connectivity index (χ1) is 14.3. The van der Waals surface area contributed by atoms with Crippen LogP contribution in [-0.4, -0.2) is 52.0 Å². The van der Waals surface area contributed by atoms with Crippen molar-refractivity contribution < 1.29 is 4.74 Å². The van der Waals surface area contributed by atoms with Gasteiger partial charge in [-0.05, 0) is 81.7 Å². The molecule has 3 aromatic rings. The Kier molecular flexibility index (Phi) is 5.74. The summed E-state index contributed by atoms with van der Waals surface area (Å²) >= 11 is 1.53. The van der Waals surface area contributed by atoms with Crippen LogP contribution in [0.3, 0.4) is 0 Å². The minimum absolute atomic E-state index is 0.645. The topological polar surface area (TPSA) is 41.5 Å². The molecule has 4 heterocycles. The lowest BCUT2D eigenvalue weighted by Gasteiger charge is -2.40. The first-order valence-corrected chi connectivity index (χ1v) is 11.6. The number of aromatic nitrogens is 2. The normalized spacial score (nSPS) is 19.6. The average molecular weight is 409 g/mol. The van der Waals surface area contributed by atoms with Crippen molar-refractivity contribution in [2.45, 2.75) is 44.7 Å². The van der Waals surface area contributed by atoms with Gasteiger partial charge in [-0.25, -0.2) is 4.98 Å². The Morgan fingerprint density at radius 1 is 0.966 bits per heavy atom. The first kappa shape index (κ1) is 19.0. The van der Waals surface area contributed by atoms with Crippen molar-refractivity contribution >= 4 is 21.7 Å². The van der Waals surface area contributed by atoms with E-state index in [4.69, 9.17) is 4.74 Å². The van der Waals surface area contributed by atoms with Crippen molar-refractivity contribution in [3.8, 4) is 10.9 Å². The fourth-order valence-corrected chi connectivity index (χ4v) is 5.34. The van der Waals surface area contributed by atoms with Gasteiger partial charge in [0.25, 0.3) is 5.19 Å². The summed E-state index contributed by atoms with van der Waals surface area (Å²) in [6, 6.07) is 13.2. The molecule has 2 saturated heterocycles. The molecule has 0 bridgehead atoms. The number of piperidine rings is 2. The Morgan fingerprint density at radius 2 is 1.76 bits per heavy atom. The van der Waals surface area contributed by atoms with Gasteiger partial charge in [0.05, 0.1) is 4.70 Å². The number of hydrogen-bond acceptors (Lipinski definition) is 6. The fraction of sp³-hybridized carbons (Fsp3) is 0.478. The van der Waals surface area contributed by atoms with E-state index in [1.165, 1.54) is 75.2 Å². The molecule has 2 aromatic heterocycles. The van der Waals surface area contributed by atoms with Crippen molar-refractivity contribution in [3.05, 3.63) is 48.2 Å². The van der Waals surface area contributed by atoms with Crippen molar-refractivity contribution in [3.63, 3.8) is 0 Å². The van der Waals surface area contributed by atoms with Crippen molar-refractivity contribution in [2.75, 3.05) is 26.2 Å². The highest BCUT2D eigenvalue weighted by atomic mass is 32.1. The molecule has 2 fully saturated rings. The summed E-state index contributed by atoms with van der Waals surface area (Å²) < 4.78 is 6.99. The lowest BCUT2D eigenvalue weighted by molar-refractivity contribution is 0.0896. The quantitative estimate of drug-likeness (QED) is 0.598. The maximum absolute atomic E-state index is 5.94. The lowest BCUT2D eigenvalue weighted by atomic mass is 9.99. The Bertz CT molecular complexity index is 894. The number of rotatable bonds is 5. The Hall–Kier alpha value is -2.02. The standard InChI is InChI=1S/C23H28N4OS/c1-2-13-27(14-3-1)19-10-15-26(16-11-19)17-18-6-8-20(9-7-18)28-23-25-22-21(29-23)5-4-12-24-22/h4-9,12,19H,1-3,10-11,13-17H2. The molecular weight excluding hydrogens is 380 g/mol. The van der Waals surface area contributed by atoms with Crippen LogP contribution in [-0.2, 0) is 6.54 Å². The van der Waals surface area contributed by atoms with Gasteiger partial charge in [0.1, 0.15) is 5.75 Å². The van der Waals surface area contributed by atoms with E-state index in [9.17, 15) is 0 Å². The Labute approximate surface area is 176 Å². The molecule has 29 heavy (non-hydrogen) atoms. The molecule has 0 saturated carbocycles. The number of likely N-dealkylation sites (tertiary alicyclic amines) is 2. The third-order valence-electron chi connectivity index (χ3n) is 6.14. The van der Waals surface area contributed by atoms with Crippen molar-refractivity contribution in [1.82, 2.24) is 19.8 Å². The van der Waals surface area contributed by atoms with Crippen LogP contribution in [0.25, 0.3) is 10.3 Å². The number of thiazole rings is 1. The zero-order valence-corrected chi connectivity index (χ0v) is 17.6. The maximum atomic E-state index is 5.94. The predicted octanol–water partition coefficient (Wildman–Crippen LogP) is 4.93. The molecule has 1 aromatic carbocycles. The minimum Gasteiger partial charge on any atom is -0.431 e. The van der Waals surface area contributed by atoms with Crippen LogP contribution < -0.4 is 4.74 Å². The van der Waals surface area contributed by atoms with Crippen LogP contribution in [0.2, 0.25) is 0 Å². The largest absolute Gasteiger partial charge is 0.431 e. The van der Waals surface area contributed by atoms with E-state index in [2.05, 4.69) is 44.0 Å². The Morgan fingerprint density at radius 3 is 2.52 bits per heavy atom. The number of fused-ring (bicyclic) bond motifs is 1. The molecular formula is C23H28N4OS. The SMILES string of the molecule is c1cnc2nc(Oc3ccc(CN4CCC(N5CCCCC5)CC4)cc3)sc2c1. The number of nitrogens with zero attached hydrogens (tertiary/aromatic N) is 4. The van der Waals surface area contributed by atoms with Crippen LogP contribution in [0, 0.1) is 0 Å². The van der Waals surface area contributed by atoms with Gasteiger partial charge < -0.3 is 9.64 Å². The molecule has 0 radical (unpaired) electrons. The molecule has 2 aliphatic rings. The van der Waals surface area contributed by atoms with Crippen LogP contribution in [0.5, 0.6) is 10.9 Å². The van der Waals surface area contributed by atoms with Gasteiger partial charge in [0, 0.05) is 18.8 Å². The third-order valence-corrected chi connectivity index (χ3v) is 7.03. The van der Waals surface area contributed by atoms with Crippen molar-refractivity contribution in [2.24, 2.45) is 0 Å². The second-order valence-electron chi connectivity index (χ2n) is 8.15. The molecule has 0 atom stereocenters. The van der Waals surface area contributed by atoms with Crippen LogP contribution >= 0.6 is 11.3 Å². The van der Waals surface area contributed by atoms with Crippen LogP contribution in [0.15, 0.2) is 42.6 Å². The summed E-state index contributed by atoms with van der Waals surface area (Å²) in [7, 11) is 0. The van der Waals surface area contributed by atoms with E-state index >= 15 is 0 Å². The predicted molar refractivity (Wildman–Crippen MR) is 118 cm³/mol. The smallest absolute Gasteiger partial charge is 0.281 e. The van der Waals surface area contributed by atoms with Gasteiger partial charge in [-0.15, -0.1) is 0 Å². The summed E-state index contributed by atoms with van der Waals surface area (Å²) in [6.45, 7) is 6.07. The van der Waals surface area contributed by atoms with Crippen LogP contribution in [0.1, 0.15) is 37.7 Å². The van der Waals surface area contributed by atoms with Gasteiger partial charge in [-0.2, -0.15) is 4.98 Å². The van der Waals surface area contributed by atoms with E-state index in [-0.39, 0.29) is 0 Å². The molecule has 0 spiro atoms. The number of pyridine rings is 1. The summed E-state index contributed by atoms with van der Waals surface area (Å²) in [4.78, 5) is 14.0. The molecule has 152 valence electrons. The molecule has 2 aliphatic heterocycles. The molecule has 0 aliphatic carbocycles. The second-order valence-corrected chi connectivity index (χ2v) is 9.15. The van der Waals surface area contributed by atoms with E-state index < -0.39 is 0 Å². The van der Waals surface area contributed by atoms with Crippen LogP contribution in [0.4, 0.5) is 0 Å². The number of hydrogen-bond donors (Lipinski definition) is 0. The Balaban J connectivity index is 1.14. The number of ether oxygens (including phenoxy) is 1. The lowest BCUT2D eigenvalue weighted by Crippen LogP contribution is -2.46. The highest BCUT2D eigenvalue weighted by Gasteiger charge is 2.25. The monoisotopic (exact) mass is 408 g/mol. The second kappa shape index (κ2) is 8.78. The zero-order valence-electron chi connectivity index (χ0n) is 16.8. The van der Waals surface area contributed by atoms with Gasteiger partial charge in [-0.3, -0.25) is 4.90 Å². The number of benzene rings is 1. The van der Waals surface area contributed by atoms with E-state index in [1.807, 2.05) is 12.1 Å². The molecule has 0 amide bonds. The fourth-order valence-electron chi connectivity index (χ4n) is 4.54. The maximum Gasteiger partial charge on any atom is 0.281 e. The molecule has 5 rings (SSSR count). The van der Waals surface area contributed by atoms with Gasteiger partial charge in [-0.1, -0.05) is 29.9 Å². The summed E-state index contributed by atoms with van der Waals surface area (Å²) in [6.07, 6.45) is 8.59. The molecule has 0 N–H and O–H groups in total.